The molecule has 2 fully saturated rings. The molecule has 1 atom stereocenters. The molecule has 0 bridgehead atoms. The fraction of sp³-hybridized carbons (Fsp3) is 0.562. The van der Waals surface area contributed by atoms with Crippen molar-refractivity contribution < 1.29 is 4.74 Å². The Hall–Kier alpha value is -1.73. The zero-order chi connectivity index (χ0) is 15.5. The highest BCUT2D eigenvalue weighted by Gasteiger charge is 2.26. The van der Waals surface area contributed by atoms with Crippen molar-refractivity contribution in [1.29, 1.82) is 0 Å². The van der Waals surface area contributed by atoms with Crippen molar-refractivity contribution in [2.45, 2.75) is 31.9 Å². The van der Waals surface area contributed by atoms with Gasteiger partial charge in [0.1, 0.15) is 6.10 Å². The highest BCUT2D eigenvalue weighted by molar-refractivity contribution is 7.03. The summed E-state index contributed by atoms with van der Waals surface area (Å²) in [7, 11) is 0. The van der Waals surface area contributed by atoms with Gasteiger partial charge in [0, 0.05) is 44.3 Å². The lowest BCUT2D eigenvalue weighted by molar-refractivity contribution is 0.197. The van der Waals surface area contributed by atoms with Crippen LogP contribution in [0.25, 0.3) is 0 Å². The molecule has 7 heteroatoms. The van der Waals surface area contributed by atoms with Crippen molar-refractivity contribution in [2.75, 3.05) is 31.1 Å². The molecule has 2 saturated heterocycles. The summed E-state index contributed by atoms with van der Waals surface area (Å²) in [5.41, 5.74) is 1.05. The van der Waals surface area contributed by atoms with Crippen molar-refractivity contribution in [3.8, 4) is 5.75 Å². The summed E-state index contributed by atoms with van der Waals surface area (Å²) < 4.78 is 10.2. The summed E-state index contributed by atoms with van der Waals surface area (Å²) >= 11 is 1.41. The largest absolute Gasteiger partial charge is 0.485 e. The Balaban J connectivity index is 1.39. The van der Waals surface area contributed by atoms with Gasteiger partial charge in [-0.3, -0.25) is 4.90 Å². The maximum absolute atomic E-state index is 6.29. The number of pyridine rings is 1. The first-order valence-electron chi connectivity index (χ1n) is 8.23. The van der Waals surface area contributed by atoms with Crippen molar-refractivity contribution >= 4 is 17.4 Å². The number of nitrogens with zero attached hydrogens (tertiary/aromatic N) is 5. The topological polar surface area (TPSA) is 54.4 Å². The first-order valence-corrected chi connectivity index (χ1v) is 9.07. The standard InChI is InChI=1S/C16H21N5OS/c1-2-8-21(7-1)16-15(4-3-6-17-16)22-14-5-9-20(11-14)10-13-12-23-19-18-13/h3-4,6,12,14H,1-2,5,7-11H2/t14-/m0/s1. The highest BCUT2D eigenvalue weighted by atomic mass is 32.1. The third-order valence-corrected chi connectivity index (χ3v) is 5.02. The van der Waals surface area contributed by atoms with Crippen LogP contribution in [0, 0.1) is 0 Å². The normalized spacial score (nSPS) is 21.9. The summed E-state index contributed by atoms with van der Waals surface area (Å²) in [4.78, 5) is 9.27. The number of ether oxygens (including phenoxy) is 1. The SMILES string of the molecule is c1cnc(N2CCCC2)c(O[C@H]2CCN(Cc3csnn3)C2)c1. The predicted octanol–water partition coefficient (Wildman–Crippen LogP) is 2.19. The first kappa shape index (κ1) is 14.8. The Morgan fingerprint density at radius 3 is 3.00 bits per heavy atom. The van der Waals surface area contributed by atoms with E-state index in [-0.39, 0.29) is 6.10 Å². The van der Waals surface area contributed by atoms with Crippen molar-refractivity contribution in [2.24, 2.45) is 0 Å². The predicted molar refractivity (Wildman–Crippen MR) is 89.9 cm³/mol. The number of hydrogen-bond donors (Lipinski definition) is 0. The van der Waals surface area contributed by atoms with Crippen LogP contribution >= 0.6 is 11.5 Å². The molecule has 4 heterocycles. The molecule has 0 amide bonds. The van der Waals surface area contributed by atoms with E-state index in [1.165, 1.54) is 24.4 Å². The van der Waals surface area contributed by atoms with E-state index in [4.69, 9.17) is 4.74 Å². The first-order chi connectivity index (χ1) is 11.4. The fourth-order valence-corrected chi connectivity index (χ4v) is 3.78. The van der Waals surface area contributed by atoms with Gasteiger partial charge < -0.3 is 9.64 Å². The van der Waals surface area contributed by atoms with E-state index in [2.05, 4.69) is 24.4 Å². The lowest BCUT2D eigenvalue weighted by atomic mass is 10.3. The smallest absolute Gasteiger partial charge is 0.171 e. The molecule has 2 aromatic rings. The monoisotopic (exact) mass is 331 g/mol. The minimum atomic E-state index is 0.229. The maximum Gasteiger partial charge on any atom is 0.171 e. The Labute approximate surface area is 140 Å². The highest BCUT2D eigenvalue weighted by Crippen LogP contribution is 2.30. The van der Waals surface area contributed by atoms with Crippen LogP contribution in [0.2, 0.25) is 0 Å². The van der Waals surface area contributed by atoms with Crippen molar-refractivity contribution in [1.82, 2.24) is 19.5 Å². The molecule has 0 aromatic carbocycles. The number of likely N-dealkylation sites (tertiary alicyclic amines) is 1. The van der Waals surface area contributed by atoms with E-state index in [0.717, 1.165) is 56.4 Å². The zero-order valence-electron chi connectivity index (χ0n) is 13.1. The third-order valence-electron chi connectivity index (χ3n) is 4.47. The molecule has 23 heavy (non-hydrogen) atoms. The average molecular weight is 331 g/mol. The van der Waals surface area contributed by atoms with E-state index in [9.17, 15) is 0 Å². The van der Waals surface area contributed by atoms with Crippen molar-refractivity contribution in [3.05, 3.63) is 29.4 Å². The van der Waals surface area contributed by atoms with E-state index >= 15 is 0 Å². The summed E-state index contributed by atoms with van der Waals surface area (Å²) in [5, 5.41) is 6.14. The fourth-order valence-electron chi connectivity index (χ4n) is 3.34. The number of hydrogen-bond acceptors (Lipinski definition) is 7. The molecule has 0 spiro atoms. The molecule has 6 nitrogen and oxygen atoms in total. The van der Waals surface area contributed by atoms with E-state index in [0.29, 0.717) is 0 Å². The van der Waals surface area contributed by atoms with Crippen LogP contribution in [0.4, 0.5) is 5.82 Å². The Bertz CT molecular complexity index is 629. The summed E-state index contributed by atoms with van der Waals surface area (Å²) in [6.07, 6.45) is 5.62. The lowest BCUT2D eigenvalue weighted by Crippen LogP contribution is -2.26. The van der Waals surface area contributed by atoms with Gasteiger partial charge in [0.15, 0.2) is 11.6 Å². The molecule has 0 N–H and O–H groups in total. The molecule has 0 aliphatic carbocycles. The van der Waals surface area contributed by atoms with Crippen LogP contribution in [-0.4, -0.2) is 51.8 Å². The van der Waals surface area contributed by atoms with Crippen LogP contribution in [0.1, 0.15) is 25.0 Å². The Kier molecular flexibility index (Phi) is 4.39. The van der Waals surface area contributed by atoms with Crippen molar-refractivity contribution in [3.63, 3.8) is 0 Å². The Morgan fingerprint density at radius 1 is 1.26 bits per heavy atom. The van der Waals surface area contributed by atoms with Crippen LogP contribution < -0.4 is 9.64 Å². The minimum absolute atomic E-state index is 0.229. The summed E-state index contributed by atoms with van der Waals surface area (Å²) in [6, 6.07) is 4.01. The molecule has 2 aromatic heterocycles. The number of anilines is 1. The maximum atomic E-state index is 6.29. The average Bonchev–Trinajstić information content (AvgIpc) is 3.31. The molecule has 0 unspecified atom stereocenters. The van der Waals surface area contributed by atoms with E-state index < -0.39 is 0 Å². The lowest BCUT2D eigenvalue weighted by Gasteiger charge is -2.22. The van der Waals surface area contributed by atoms with Gasteiger partial charge in [-0.15, -0.1) is 5.10 Å². The Morgan fingerprint density at radius 2 is 2.17 bits per heavy atom. The molecule has 0 radical (unpaired) electrons. The zero-order valence-corrected chi connectivity index (χ0v) is 13.9. The molecule has 122 valence electrons. The molecule has 0 saturated carbocycles. The third kappa shape index (κ3) is 3.45. The summed E-state index contributed by atoms with van der Waals surface area (Å²) in [5.74, 6) is 1.93. The minimum Gasteiger partial charge on any atom is -0.485 e. The van der Waals surface area contributed by atoms with E-state index in [1.54, 1.807) is 0 Å². The molecule has 4 rings (SSSR count). The second kappa shape index (κ2) is 6.80. The van der Waals surface area contributed by atoms with Gasteiger partial charge in [0.05, 0.1) is 5.69 Å². The number of rotatable bonds is 5. The van der Waals surface area contributed by atoms with Gasteiger partial charge in [-0.05, 0) is 42.9 Å². The summed E-state index contributed by atoms with van der Waals surface area (Å²) in [6.45, 7) is 5.01. The second-order valence-corrected chi connectivity index (χ2v) is 6.79. The van der Waals surface area contributed by atoms with Gasteiger partial charge in [-0.1, -0.05) is 4.49 Å². The van der Waals surface area contributed by atoms with Gasteiger partial charge >= 0.3 is 0 Å². The van der Waals surface area contributed by atoms with Gasteiger partial charge in [0.25, 0.3) is 0 Å². The molecule has 2 aliphatic heterocycles. The molecular formula is C16H21N5OS. The number of aromatic nitrogens is 3. The van der Waals surface area contributed by atoms with Gasteiger partial charge in [-0.25, -0.2) is 4.98 Å². The van der Waals surface area contributed by atoms with Crippen LogP contribution in [-0.2, 0) is 6.54 Å². The quantitative estimate of drug-likeness (QED) is 0.837. The molecule has 2 aliphatic rings. The molecular weight excluding hydrogens is 310 g/mol. The van der Waals surface area contributed by atoms with Crippen LogP contribution in [0.15, 0.2) is 23.7 Å². The van der Waals surface area contributed by atoms with E-state index in [1.807, 2.05) is 23.7 Å². The van der Waals surface area contributed by atoms with Gasteiger partial charge in [0.2, 0.25) is 0 Å². The van der Waals surface area contributed by atoms with Crippen LogP contribution in [0.3, 0.4) is 0 Å². The van der Waals surface area contributed by atoms with Crippen LogP contribution in [0.5, 0.6) is 5.75 Å². The second-order valence-electron chi connectivity index (χ2n) is 6.18. The van der Waals surface area contributed by atoms with Gasteiger partial charge in [-0.2, -0.15) is 0 Å².